The minimum absolute atomic E-state index is 0.000735. The minimum atomic E-state index is -3.27. The maximum atomic E-state index is 12.0. The molecule has 3 N–H and O–H groups in total. The summed E-state index contributed by atoms with van der Waals surface area (Å²) in [6.45, 7) is 6.62. The predicted octanol–water partition coefficient (Wildman–Crippen LogP) is 1.85. The lowest BCUT2D eigenvalue weighted by Crippen LogP contribution is -2.28. The second kappa shape index (κ2) is 7.60. The van der Waals surface area contributed by atoms with Crippen molar-refractivity contribution in [2.24, 2.45) is 11.1 Å². The van der Waals surface area contributed by atoms with Gasteiger partial charge in [-0.2, -0.15) is 0 Å². The molecule has 0 unspecified atom stereocenters. The van der Waals surface area contributed by atoms with Gasteiger partial charge in [0, 0.05) is 12.1 Å². The molecule has 0 amide bonds. The number of nitrogens with two attached hydrogens (primary N) is 1. The van der Waals surface area contributed by atoms with Crippen LogP contribution in [-0.2, 0) is 16.6 Å². The van der Waals surface area contributed by atoms with Crippen LogP contribution < -0.4 is 10.5 Å². The van der Waals surface area contributed by atoms with E-state index in [2.05, 4.69) is 16.6 Å². The summed E-state index contributed by atoms with van der Waals surface area (Å²) in [5, 5.41) is 0. The SMILES string of the molecule is CC(C)(C)CCS(=O)(=O)NCc1ccccc1C#CCN. The van der Waals surface area contributed by atoms with Gasteiger partial charge in [-0.3, -0.25) is 0 Å². The minimum Gasteiger partial charge on any atom is -0.320 e. The highest BCUT2D eigenvalue weighted by atomic mass is 32.2. The smallest absolute Gasteiger partial charge is 0.211 e. The van der Waals surface area contributed by atoms with Crippen LogP contribution in [-0.4, -0.2) is 20.7 Å². The monoisotopic (exact) mass is 308 g/mol. The second-order valence-corrected chi connectivity index (χ2v) is 8.04. The van der Waals surface area contributed by atoms with Crippen molar-refractivity contribution in [1.82, 2.24) is 4.72 Å². The third-order valence-electron chi connectivity index (χ3n) is 2.95. The first-order valence-electron chi connectivity index (χ1n) is 6.98. The standard InChI is InChI=1S/C16H24N2O2S/c1-16(2,3)10-12-21(19,20)18-13-15-8-5-4-7-14(15)9-6-11-17/h4-5,7-8,18H,10-13,17H2,1-3H3. The molecule has 116 valence electrons. The van der Waals surface area contributed by atoms with Crippen LogP contribution in [0.4, 0.5) is 0 Å². The number of sulfonamides is 1. The predicted molar refractivity (Wildman–Crippen MR) is 87.1 cm³/mol. The molecule has 5 heteroatoms. The fourth-order valence-corrected chi connectivity index (χ4v) is 3.04. The Balaban J connectivity index is 2.71. The van der Waals surface area contributed by atoms with Gasteiger partial charge < -0.3 is 5.73 Å². The highest BCUT2D eigenvalue weighted by Crippen LogP contribution is 2.19. The van der Waals surface area contributed by atoms with Gasteiger partial charge in [-0.05, 0) is 23.5 Å². The molecule has 0 radical (unpaired) electrons. The van der Waals surface area contributed by atoms with Crippen LogP contribution in [0.3, 0.4) is 0 Å². The Kier molecular flexibility index (Phi) is 6.41. The van der Waals surface area contributed by atoms with Crippen LogP contribution in [0.15, 0.2) is 24.3 Å². The van der Waals surface area contributed by atoms with Crippen molar-refractivity contribution in [3.63, 3.8) is 0 Å². The van der Waals surface area contributed by atoms with E-state index in [1.54, 1.807) is 0 Å². The zero-order valence-corrected chi connectivity index (χ0v) is 13.8. The molecule has 0 atom stereocenters. The molecule has 4 nitrogen and oxygen atoms in total. The van der Waals surface area contributed by atoms with E-state index in [-0.39, 0.29) is 24.3 Å². The molecule has 0 spiro atoms. The van der Waals surface area contributed by atoms with E-state index in [1.165, 1.54) is 0 Å². The fraction of sp³-hybridized carbons (Fsp3) is 0.500. The molecule has 0 heterocycles. The maximum absolute atomic E-state index is 12.0. The van der Waals surface area contributed by atoms with Crippen molar-refractivity contribution < 1.29 is 8.42 Å². The van der Waals surface area contributed by atoms with Crippen LogP contribution in [0.25, 0.3) is 0 Å². The fourth-order valence-electron chi connectivity index (χ4n) is 1.64. The van der Waals surface area contributed by atoms with Crippen molar-refractivity contribution in [2.45, 2.75) is 33.7 Å². The van der Waals surface area contributed by atoms with E-state index >= 15 is 0 Å². The molecule has 0 saturated carbocycles. The lowest BCUT2D eigenvalue weighted by molar-refractivity contribution is 0.396. The second-order valence-electron chi connectivity index (χ2n) is 6.11. The molecule has 0 aromatic heterocycles. The molecule has 0 aliphatic heterocycles. The Morgan fingerprint density at radius 3 is 2.52 bits per heavy atom. The van der Waals surface area contributed by atoms with Crippen LogP contribution in [0.2, 0.25) is 0 Å². The third kappa shape index (κ3) is 7.28. The van der Waals surface area contributed by atoms with Gasteiger partial charge in [0.2, 0.25) is 10.0 Å². The van der Waals surface area contributed by atoms with Gasteiger partial charge in [-0.1, -0.05) is 50.8 Å². The third-order valence-corrected chi connectivity index (χ3v) is 4.27. The first-order valence-corrected chi connectivity index (χ1v) is 8.63. The van der Waals surface area contributed by atoms with Gasteiger partial charge in [0.15, 0.2) is 0 Å². The number of hydrogen-bond donors (Lipinski definition) is 2. The summed E-state index contributed by atoms with van der Waals surface area (Å²) >= 11 is 0. The van der Waals surface area contributed by atoms with Crippen LogP contribution >= 0.6 is 0 Å². The Hall–Kier alpha value is -1.35. The first-order chi connectivity index (χ1) is 9.73. The Morgan fingerprint density at radius 2 is 1.90 bits per heavy atom. The summed E-state index contributed by atoms with van der Waals surface area (Å²) in [5.41, 5.74) is 7.03. The molecule has 0 bridgehead atoms. The van der Waals surface area contributed by atoms with E-state index < -0.39 is 10.0 Å². The molecule has 0 fully saturated rings. The van der Waals surface area contributed by atoms with E-state index in [9.17, 15) is 8.42 Å². The highest BCUT2D eigenvalue weighted by Gasteiger charge is 2.17. The summed E-state index contributed by atoms with van der Waals surface area (Å²) in [6, 6.07) is 7.47. The summed E-state index contributed by atoms with van der Waals surface area (Å²) in [7, 11) is -3.27. The average Bonchev–Trinajstić information content (AvgIpc) is 2.41. The molecule has 0 aliphatic rings. The molecular formula is C16H24N2O2S. The molecule has 0 aliphatic carbocycles. The van der Waals surface area contributed by atoms with Crippen molar-refractivity contribution in [1.29, 1.82) is 0 Å². The summed E-state index contributed by atoms with van der Waals surface area (Å²) < 4.78 is 26.7. The maximum Gasteiger partial charge on any atom is 0.211 e. The molecule has 1 aromatic rings. The Bertz CT molecular complexity index is 620. The Labute approximate surface area is 128 Å². The van der Waals surface area contributed by atoms with Gasteiger partial charge in [-0.25, -0.2) is 13.1 Å². The van der Waals surface area contributed by atoms with E-state index in [0.29, 0.717) is 6.42 Å². The molecule has 0 saturated heterocycles. The van der Waals surface area contributed by atoms with Crippen LogP contribution in [0, 0.1) is 17.3 Å². The van der Waals surface area contributed by atoms with Gasteiger partial charge in [-0.15, -0.1) is 0 Å². The summed E-state index contributed by atoms with van der Waals surface area (Å²) in [5.74, 6) is 5.88. The molecule has 1 rings (SSSR count). The summed E-state index contributed by atoms with van der Waals surface area (Å²) in [4.78, 5) is 0. The molecular weight excluding hydrogens is 284 g/mol. The Morgan fingerprint density at radius 1 is 1.24 bits per heavy atom. The number of rotatable bonds is 5. The number of benzene rings is 1. The zero-order valence-electron chi connectivity index (χ0n) is 12.9. The zero-order chi connectivity index (χ0) is 15.9. The largest absolute Gasteiger partial charge is 0.320 e. The summed E-state index contributed by atoms with van der Waals surface area (Å²) in [6.07, 6.45) is 0.622. The molecule has 21 heavy (non-hydrogen) atoms. The van der Waals surface area contributed by atoms with Crippen LogP contribution in [0.1, 0.15) is 38.3 Å². The average molecular weight is 308 g/mol. The molecule has 1 aromatic carbocycles. The highest BCUT2D eigenvalue weighted by molar-refractivity contribution is 7.89. The van der Waals surface area contributed by atoms with Crippen molar-refractivity contribution >= 4 is 10.0 Å². The topological polar surface area (TPSA) is 72.2 Å². The van der Waals surface area contributed by atoms with Crippen LogP contribution in [0.5, 0.6) is 0 Å². The number of nitrogens with one attached hydrogen (secondary N) is 1. The van der Waals surface area contributed by atoms with Gasteiger partial charge >= 0.3 is 0 Å². The van der Waals surface area contributed by atoms with Crippen molar-refractivity contribution in [3.8, 4) is 11.8 Å². The number of hydrogen-bond acceptors (Lipinski definition) is 3. The first kappa shape index (κ1) is 17.7. The van der Waals surface area contributed by atoms with E-state index in [4.69, 9.17) is 5.73 Å². The van der Waals surface area contributed by atoms with E-state index in [0.717, 1.165) is 11.1 Å². The van der Waals surface area contributed by atoms with Crippen molar-refractivity contribution in [3.05, 3.63) is 35.4 Å². The normalized spacial score (nSPS) is 11.8. The van der Waals surface area contributed by atoms with Gasteiger partial charge in [0.1, 0.15) is 0 Å². The van der Waals surface area contributed by atoms with E-state index in [1.807, 2.05) is 45.0 Å². The van der Waals surface area contributed by atoms with Gasteiger partial charge in [0.25, 0.3) is 0 Å². The van der Waals surface area contributed by atoms with Crippen molar-refractivity contribution in [2.75, 3.05) is 12.3 Å². The van der Waals surface area contributed by atoms with Gasteiger partial charge in [0.05, 0.1) is 12.3 Å². The lowest BCUT2D eigenvalue weighted by Gasteiger charge is -2.18. The quantitative estimate of drug-likeness (QED) is 0.815. The lowest BCUT2D eigenvalue weighted by atomic mass is 9.94.